The highest BCUT2D eigenvalue weighted by atomic mass is 16.6. The Balaban J connectivity index is 1.78. The number of imidazole rings is 1. The van der Waals surface area contributed by atoms with E-state index in [1.54, 1.807) is 12.3 Å². The number of carbonyl (C=O) groups excluding carboxylic acids is 2. The van der Waals surface area contributed by atoms with Crippen LogP contribution in [-0.2, 0) is 30.3 Å². The molecule has 0 amide bonds. The zero-order valence-corrected chi connectivity index (χ0v) is 16.8. The molecule has 13 nitrogen and oxygen atoms in total. The molecule has 0 unspecified atom stereocenters. The normalized spacial score (nSPS) is 20.8. The third-order valence-corrected chi connectivity index (χ3v) is 4.80. The number of aromatic nitrogens is 6. The van der Waals surface area contributed by atoms with Crippen molar-refractivity contribution in [3.8, 4) is 0 Å². The number of aromatic amines is 1. The molecule has 1 aliphatic heterocycles. The summed E-state index contributed by atoms with van der Waals surface area (Å²) in [5.41, 5.74) is 6.64. The van der Waals surface area contributed by atoms with Gasteiger partial charge in [-0.25, -0.2) is 14.3 Å². The number of nitrogen functional groups attached to an aromatic ring is 1. The lowest BCUT2D eigenvalue weighted by atomic mass is 10.2. The number of rotatable bonds is 6. The number of H-pyrrole nitrogens is 1. The van der Waals surface area contributed by atoms with Gasteiger partial charge >= 0.3 is 17.6 Å². The Hall–Kier alpha value is -3.74. The van der Waals surface area contributed by atoms with Crippen molar-refractivity contribution < 1.29 is 23.8 Å². The number of esters is 2. The van der Waals surface area contributed by atoms with Crippen LogP contribution in [0.15, 0.2) is 23.3 Å². The summed E-state index contributed by atoms with van der Waals surface area (Å²) in [5.74, 6) is -1.03. The number of nitrogens with zero attached hydrogens (tertiary/aromatic N) is 5. The van der Waals surface area contributed by atoms with Crippen molar-refractivity contribution in [3.63, 3.8) is 0 Å². The summed E-state index contributed by atoms with van der Waals surface area (Å²) in [6.07, 6.45) is 0.894. The van der Waals surface area contributed by atoms with E-state index in [4.69, 9.17) is 19.9 Å². The summed E-state index contributed by atoms with van der Waals surface area (Å²) in [6.45, 7) is 2.68. The molecule has 0 saturated carbocycles. The van der Waals surface area contributed by atoms with E-state index >= 15 is 0 Å². The maximum atomic E-state index is 13.4. The van der Waals surface area contributed by atoms with E-state index in [0.717, 1.165) is 0 Å². The van der Waals surface area contributed by atoms with Gasteiger partial charge in [-0.15, -0.1) is 0 Å². The maximum absolute atomic E-state index is 13.4. The Labute approximate surface area is 175 Å². The number of hydrogen-bond donors (Lipinski definition) is 2. The van der Waals surface area contributed by atoms with Crippen LogP contribution < -0.4 is 11.4 Å². The van der Waals surface area contributed by atoms with Crippen molar-refractivity contribution in [2.45, 2.75) is 45.2 Å². The second kappa shape index (κ2) is 8.18. The van der Waals surface area contributed by atoms with Gasteiger partial charge in [0, 0.05) is 26.5 Å². The largest absolute Gasteiger partial charge is 0.463 e. The number of hydrogen-bond acceptors (Lipinski definition) is 10. The topological polar surface area (TPSA) is 169 Å². The van der Waals surface area contributed by atoms with Gasteiger partial charge in [0.2, 0.25) is 5.95 Å². The first-order valence-electron chi connectivity index (χ1n) is 9.51. The fraction of sp³-hybridized carbons (Fsp3) is 0.444. The van der Waals surface area contributed by atoms with Gasteiger partial charge < -0.3 is 19.9 Å². The lowest BCUT2D eigenvalue weighted by molar-refractivity contribution is -0.153. The Morgan fingerprint density at radius 2 is 2.16 bits per heavy atom. The van der Waals surface area contributed by atoms with E-state index in [0.29, 0.717) is 11.2 Å². The van der Waals surface area contributed by atoms with Crippen molar-refractivity contribution >= 4 is 29.1 Å². The van der Waals surface area contributed by atoms with E-state index in [1.807, 2.05) is 0 Å². The van der Waals surface area contributed by atoms with Gasteiger partial charge in [-0.05, 0) is 6.07 Å². The highest BCUT2D eigenvalue weighted by Gasteiger charge is 2.41. The average molecular weight is 431 g/mol. The lowest BCUT2D eigenvalue weighted by Crippen LogP contribution is -2.34. The van der Waals surface area contributed by atoms with Crippen molar-refractivity contribution in [2.75, 3.05) is 12.3 Å². The summed E-state index contributed by atoms with van der Waals surface area (Å²) in [4.78, 5) is 44.4. The highest BCUT2D eigenvalue weighted by Crippen LogP contribution is 2.33. The van der Waals surface area contributed by atoms with Crippen LogP contribution >= 0.6 is 0 Å². The first-order valence-corrected chi connectivity index (χ1v) is 9.51. The molecule has 3 atom stereocenters. The first kappa shape index (κ1) is 20.5. The quantitative estimate of drug-likeness (QED) is 0.495. The molecule has 13 heteroatoms. The molecule has 4 heterocycles. The fourth-order valence-electron chi connectivity index (χ4n) is 3.58. The second-order valence-electron chi connectivity index (χ2n) is 7.09. The number of nitrogens with two attached hydrogens (primary N) is 1. The summed E-state index contributed by atoms with van der Waals surface area (Å²) in [7, 11) is 0. The van der Waals surface area contributed by atoms with E-state index in [9.17, 15) is 14.4 Å². The predicted octanol–water partition coefficient (Wildman–Crippen LogP) is -0.271. The van der Waals surface area contributed by atoms with Crippen molar-refractivity contribution in [1.29, 1.82) is 0 Å². The van der Waals surface area contributed by atoms with E-state index < -0.39 is 36.1 Å². The molecular formula is C18H21N7O6. The van der Waals surface area contributed by atoms with Crippen LogP contribution in [0.25, 0.3) is 11.2 Å². The van der Waals surface area contributed by atoms with Crippen molar-refractivity contribution in [3.05, 3.63) is 34.6 Å². The van der Waals surface area contributed by atoms with Crippen LogP contribution in [-0.4, -0.2) is 60.1 Å². The Morgan fingerprint density at radius 1 is 1.35 bits per heavy atom. The number of fused-ring (bicyclic) bond motifs is 1. The molecule has 3 aromatic rings. The molecule has 3 aromatic heterocycles. The van der Waals surface area contributed by atoms with Gasteiger partial charge in [0.05, 0.1) is 24.5 Å². The number of carbonyl (C=O) groups is 2. The Morgan fingerprint density at radius 3 is 2.84 bits per heavy atom. The standard InChI is InChI=1S/C18H21N7O6/c1-9(26)29-8-12-5-14(30-10(2)27)16(31-12)25-15-13(6-20-17(19)22-15)24(18(25)28)7-11-3-4-21-23-11/h3-4,6,12,14,16H,5,7-8H2,1-2H3,(H,21,23)(H2,19,20,22)/t12-,14+,16+/m0/s1. The molecule has 0 spiro atoms. The smallest absolute Gasteiger partial charge is 0.333 e. The van der Waals surface area contributed by atoms with Gasteiger partial charge in [-0.2, -0.15) is 10.1 Å². The van der Waals surface area contributed by atoms with Crippen LogP contribution in [0.2, 0.25) is 0 Å². The van der Waals surface area contributed by atoms with Crippen molar-refractivity contribution in [2.24, 2.45) is 0 Å². The molecule has 1 aliphatic rings. The van der Waals surface area contributed by atoms with Crippen molar-refractivity contribution in [1.82, 2.24) is 29.3 Å². The molecule has 3 N–H and O–H groups in total. The summed E-state index contributed by atoms with van der Waals surface area (Å²) in [6, 6.07) is 1.73. The van der Waals surface area contributed by atoms with Crippen LogP contribution in [0.5, 0.6) is 0 Å². The molecule has 1 saturated heterocycles. The zero-order valence-electron chi connectivity index (χ0n) is 16.8. The van der Waals surface area contributed by atoms with Gasteiger partial charge in [-0.1, -0.05) is 0 Å². The average Bonchev–Trinajstić information content (AvgIpc) is 3.40. The summed E-state index contributed by atoms with van der Waals surface area (Å²) < 4.78 is 19.1. The van der Waals surface area contributed by atoms with Gasteiger partial charge in [-0.3, -0.25) is 19.3 Å². The third kappa shape index (κ3) is 4.12. The van der Waals surface area contributed by atoms with Crippen LogP contribution in [0.3, 0.4) is 0 Å². The minimum atomic E-state index is -0.989. The molecule has 0 bridgehead atoms. The predicted molar refractivity (Wildman–Crippen MR) is 105 cm³/mol. The number of nitrogens with one attached hydrogen (secondary N) is 1. The molecular weight excluding hydrogens is 410 g/mol. The maximum Gasteiger partial charge on any atom is 0.333 e. The monoisotopic (exact) mass is 431 g/mol. The van der Waals surface area contributed by atoms with Crippen LogP contribution in [0, 0.1) is 0 Å². The SMILES string of the molecule is CC(=O)OC[C@@H]1C[C@@H](OC(C)=O)[C@H](n2c(=O)n(Cc3ccn[nH]3)c3cnc(N)nc32)O1. The summed E-state index contributed by atoms with van der Waals surface area (Å²) >= 11 is 0. The van der Waals surface area contributed by atoms with E-state index in [-0.39, 0.29) is 31.2 Å². The second-order valence-corrected chi connectivity index (χ2v) is 7.09. The van der Waals surface area contributed by atoms with Gasteiger partial charge in [0.1, 0.15) is 18.2 Å². The first-order chi connectivity index (χ1) is 14.8. The number of ether oxygens (including phenoxy) is 3. The van der Waals surface area contributed by atoms with E-state index in [2.05, 4.69) is 20.2 Å². The minimum Gasteiger partial charge on any atom is -0.463 e. The third-order valence-electron chi connectivity index (χ3n) is 4.80. The molecule has 164 valence electrons. The molecule has 1 fully saturated rings. The Kier molecular flexibility index (Phi) is 5.42. The van der Waals surface area contributed by atoms with E-state index in [1.165, 1.54) is 29.2 Å². The molecule has 0 aliphatic carbocycles. The van der Waals surface area contributed by atoms with Crippen LogP contribution in [0.1, 0.15) is 32.2 Å². The molecule has 0 radical (unpaired) electrons. The van der Waals surface area contributed by atoms with Crippen LogP contribution in [0.4, 0.5) is 5.95 Å². The fourth-order valence-corrected chi connectivity index (χ4v) is 3.58. The minimum absolute atomic E-state index is 0.0292. The van der Waals surface area contributed by atoms with Gasteiger partial charge in [0.15, 0.2) is 11.9 Å². The highest BCUT2D eigenvalue weighted by molar-refractivity contribution is 5.72. The molecule has 0 aromatic carbocycles. The lowest BCUT2D eigenvalue weighted by Gasteiger charge is -2.19. The number of anilines is 1. The van der Waals surface area contributed by atoms with Gasteiger partial charge in [0.25, 0.3) is 0 Å². The zero-order chi connectivity index (χ0) is 22.1. The molecule has 4 rings (SSSR count). The summed E-state index contributed by atoms with van der Waals surface area (Å²) in [5, 5.41) is 6.70. The Bertz CT molecular complexity index is 1170. The molecule has 31 heavy (non-hydrogen) atoms.